The van der Waals surface area contributed by atoms with Gasteiger partial charge in [0.05, 0.1) is 5.69 Å². The largest absolute Gasteiger partial charge is 0.341 e. The topological polar surface area (TPSA) is 50.2 Å². The Morgan fingerprint density at radius 3 is 2.67 bits per heavy atom. The van der Waals surface area contributed by atoms with Crippen LogP contribution in [0.25, 0.3) is 0 Å². The Kier molecular flexibility index (Phi) is 3.78. The van der Waals surface area contributed by atoms with Crippen LogP contribution in [0.15, 0.2) is 0 Å². The van der Waals surface area contributed by atoms with Crippen LogP contribution in [0.4, 0.5) is 0 Å². The number of nitrogens with one attached hydrogen (secondary N) is 1. The second-order valence-electron chi connectivity index (χ2n) is 7.18. The normalized spacial score (nSPS) is 18.9. The Bertz CT molecular complexity index is 535. The van der Waals surface area contributed by atoms with E-state index in [1.54, 1.807) is 0 Å². The molecular formula is C16H26N4O. The van der Waals surface area contributed by atoms with E-state index in [1.807, 2.05) is 4.90 Å². The van der Waals surface area contributed by atoms with Gasteiger partial charge in [-0.05, 0) is 12.8 Å². The van der Waals surface area contributed by atoms with Crippen molar-refractivity contribution in [3.8, 4) is 0 Å². The van der Waals surface area contributed by atoms with Gasteiger partial charge in [-0.1, -0.05) is 20.8 Å². The van der Waals surface area contributed by atoms with Crippen LogP contribution >= 0.6 is 0 Å². The van der Waals surface area contributed by atoms with Gasteiger partial charge >= 0.3 is 0 Å². The van der Waals surface area contributed by atoms with Crippen molar-refractivity contribution in [3.63, 3.8) is 0 Å². The van der Waals surface area contributed by atoms with Crippen molar-refractivity contribution >= 4 is 5.91 Å². The summed E-state index contributed by atoms with van der Waals surface area (Å²) >= 11 is 0. The summed E-state index contributed by atoms with van der Waals surface area (Å²) in [6.07, 6.45) is 3.25. The molecule has 1 fully saturated rings. The molecule has 0 bridgehead atoms. The van der Waals surface area contributed by atoms with E-state index in [-0.39, 0.29) is 11.3 Å². The summed E-state index contributed by atoms with van der Waals surface area (Å²) in [7, 11) is 0. The highest BCUT2D eigenvalue weighted by Crippen LogP contribution is 2.26. The molecule has 21 heavy (non-hydrogen) atoms. The Morgan fingerprint density at radius 1 is 1.29 bits per heavy atom. The highest BCUT2D eigenvalue weighted by Gasteiger charge is 2.29. The third-order valence-electron chi connectivity index (χ3n) is 4.41. The van der Waals surface area contributed by atoms with E-state index in [1.165, 1.54) is 5.69 Å². The van der Waals surface area contributed by atoms with E-state index in [2.05, 4.69) is 30.7 Å². The van der Waals surface area contributed by atoms with Crippen molar-refractivity contribution in [1.29, 1.82) is 0 Å². The van der Waals surface area contributed by atoms with Gasteiger partial charge in [0.1, 0.15) is 12.4 Å². The second-order valence-corrected chi connectivity index (χ2v) is 7.18. The molecule has 1 N–H and O–H groups in total. The molecule has 1 aromatic heterocycles. The lowest BCUT2D eigenvalue weighted by Crippen LogP contribution is -2.34. The maximum Gasteiger partial charge on any atom is 0.242 e. The molecule has 0 spiro atoms. The monoisotopic (exact) mass is 290 g/mol. The van der Waals surface area contributed by atoms with Crippen LogP contribution in [0.5, 0.6) is 0 Å². The molecule has 1 aromatic rings. The number of carbonyl (C=O) groups is 1. The molecule has 1 amide bonds. The van der Waals surface area contributed by atoms with Crippen LogP contribution in [0.2, 0.25) is 0 Å². The molecule has 0 saturated carbocycles. The first kappa shape index (κ1) is 14.6. The zero-order valence-electron chi connectivity index (χ0n) is 13.4. The summed E-state index contributed by atoms with van der Waals surface area (Å²) in [6, 6.07) is 0. The number of fused-ring (bicyclic) bond motifs is 1. The van der Waals surface area contributed by atoms with Crippen LogP contribution < -0.4 is 5.32 Å². The first-order valence-corrected chi connectivity index (χ1v) is 8.04. The van der Waals surface area contributed by atoms with E-state index < -0.39 is 0 Å². The minimum atomic E-state index is -0.0391. The molecule has 116 valence electrons. The lowest BCUT2D eigenvalue weighted by Gasteiger charge is -2.23. The lowest BCUT2D eigenvalue weighted by atomic mass is 9.95. The minimum absolute atomic E-state index is 0.0391. The summed E-state index contributed by atoms with van der Waals surface area (Å²) in [6.45, 7) is 10.6. The van der Waals surface area contributed by atoms with Gasteiger partial charge in [-0.25, -0.2) is 4.98 Å². The number of nitrogens with zero attached hydrogens (tertiary/aromatic N) is 3. The maximum absolute atomic E-state index is 12.5. The van der Waals surface area contributed by atoms with Gasteiger partial charge < -0.3 is 14.8 Å². The molecule has 2 aliphatic rings. The van der Waals surface area contributed by atoms with E-state index >= 15 is 0 Å². The van der Waals surface area contributed by atoms with Gasteiger partial charge in [0.25, 0.3) is 0 Å². The molecule has 3 heterocycles. The lowest BCUT2D eigenvalue weighted by molar-refractivity contribution is -0.130. The van der Waals surface area contributed by atoms with Gasteiger partial charge in [0.2, 0.25) is 5.91 Å². The van der Waals surface area contributed by atoms with Crippen LogP contribution in [0.3, 0.4) is 0 Å². The molecule has 0 radical (unpaired) electrons. The van der Waals surface area contributed by atoms with E-state index in [9.17, 15) is 4.79 Å². The second kappa shape index (κ2) is 5.44. The molecular weight excluding hydrogens is 264 g/mol. The Balaban J connectivity index is 1.91. The van der Waals surface area contributed by atoms with Crippen LogP contribution in [0, 0.1) is 0 Å². The predicted molar refractivity (Wildman–Crippen MR) is 82.2 cm³/mol. The average Bonchev–Trinajstić information content (AvgIpc) is 3.06. The minimum Gasteiger partial charge on any atom is -0.341 e. The zero-order valence-corrected chi connectivity index (χ0v) is 13.4. The van der Waals surface area contributed by atoms with Gasteiger partial charge in [0, 0.05) is 43.7 Å². The molecule has 5 nitrogen and oxygen atoms in total. The summed E-state index contributed by atoms with van der Waals surface area (Å²) < 4.78 is 2.19. The van der Waals surface area contributed by atoms with Crippen molar-refractivity contribution in [2.45, 2.75) is 58.5 Å². The van der Waals surface area contributed by atoms with Gasteiger partial charge in [-0.15, -0.1) is 0 Å². The quantitative estimate of drug-likeness (QED) is 0.897. The van der Waals surface area contributed by atoms with Gasteiger partial charge in [-0.3, -0.25) is 4.79 Å². The SMILES string of the molecule is CC(C)(C)c1nc2c(n1CC(=O)N1CCCC1)CCNC2. The fraction of sp³-hybridized carbons (Fsp3) is 0.750. The Hall–Kier alpha value is -1.36. The van der Waals surface area contributed by atoms with Crippen LogP contribution in [-0.4, -0.2) is 40.0 Å². The molecule has 0 aromatic carbocycles. The fourth-order valence-corrected chi connectivity index (χ4v) is 3.32. The van der Waals surface area contributed by atoms with Crippen LogP contribution in [0.1, 0.15) is 50.8 Å². The zero-order chi connectivity index (χ0) is 15.0. The highest BCUT2D eigenvalue weighted by molar-refractivity contribution is 5.76. The molecule has 0 unspecified atom stereocenters. The standard InChI is InChI=1S/C16H26N4O/c1-16(2,3)15-18-12-10-17-7-6-13(12)20(15)11-14(21)19-8-4-5-9-19/h17H,4-11H2,1-3H3. The van der Waals surface area contributed by atoms with Gasteiger partial charge in [-0.2, -0.15) is 0 Å². The van der Waals surface area contributed by atoms with Crippen LogP contribution in [-0.2, 0) is 29.7 Å². The number of hydrogen-bond acceptors (Lipinski definition) is 3. The number of carbonyl (C=O) groups excluding carboxylic acids is 1. The number of rotatable bonds is 2. The number of hydrogen-bond donors (Lipinski definition) is 1. The van der Waals surface area contributed by atoms with Crippen molar-refractivity contribution in [3.05, 3.63) is 17.2 Å². The van der Waals surface area contributed by atoms with Crippen molar-refractivity contribution in [2.24, 2.45) is 0 Å². The molecule has 3 rings (SSSR count). The fourth-order valence-electron chi connectivity index (χ4n) is 3.32. The average molecular weight is 290 g/mol. The Labute approximate surface area is 126 Å². The van der Waals surface area contributed by atoms with Crippen molar-refractivity contribution in [1.82, 2.24) is 19.8 Å². The summed E-state index contributed by atoms with van der Waals surface area (Å²) in [4.78, 5) is 19.4. The van der Waals surface area contributed by atoms with Crippen molar-refractivity contribution in [2.75, 3.05) is 19.6 Å². The van der Waals surface area contributed by atoms with E-state index in [4.69, 9.17) is 4.98 Å². The molecule has 0 aliphatic carbocycles. The predicted octanol–water partition coefficient (Wildman–Crippen LogP) is 1.45. The number of imidazole rings is 1. The third-order valence-corrected chi connectivity index (χ3v) is 4.41. The van der Waals surface area contributed by atoms with Crippen molar-refractivity contribution < 1.29 is 4.79 Å². The molecule has 5 heteroatoms. The number of aromatic nitrogens is 2. The first-order chi connectivity index (χ1) is 9.97. The summed E-state index contributed by atoms with van der Waals surface area (Å²) in [5, 5.41) is 3.37. The third kappa shape index (κ3) is 2.84. The van der Waals surface area contributed by atoms with E-state index in [0.29, 0.717) is 6.54 Å². The summed E-state index contributed by atoms with van der Waals surface area (Å²) in [5.41, 5.74) is 2.34. The first-order valence-electron chi connectivity index (χ1n) is 8.04. The maximum atomic E-state index is 12.5. The van der Waals surface area contributed by atoms with E-state index in [0.717, 1.165) is 57.0 Å². The molecule has 2 aliphatic heterocycles. The number of likely N-dealkylation sites (tertiary alicyclic amines) is 1. The summed E-state index contributed by atoms with van der Waals surface area (Å²) in [5.74, 6) is 1.29. The smallest absolute Gasteiger partial charge is 0.242 e. The molecule has 1 saturated heterocycles. The Morgan fingerprint density at radius 2 is 2.00 bits per heavy atom. The molecule has 0 atom stereocenters. The number of amides is 1. The highest BCUT2D eigenvalue weighted by atomic mass is 16.2. The van der Waals surface area contributed by atoms with Gasteiger partial charge in [0.15, 0.2) is 0 Å².